The van der Waals surface area contributed by atoms with Crippen LogP contribution in [0.15, 0.2) is 27.6 Å². The van der Waals surface area contributed by atoms with Crippen molar-refractivity contribution in [2.24, 2.45) is 0 Å². The lowest BCUT2D eigenvalue weighted by Gasteiger charge is -2.02. The Morgan fingerprint density at radius 3 is 2.64 bits per heavy atom. The molecule has 4 nitrogen and oxygen atoms in total. The second-order valence-electron chi connectivity index (χ2n) is 2.46. The summed E-state index contributed by atoms with van der Waals surface area (Å²) in [4.78, 5) is 0.0831. The Hall–Kier alpha value is -0.900. The molecule has 0 bridgehead atoms. The number of benzene rings is 1. The third kappa shape index (κ3) is 2.12. The van der Waals surface area contributed by atoms with E-state index in [0.29, 0.717) is 10.0 Å². The molecule has 74 valence electrons. The van der Waals surface area contributed by atoms with Crippen molar-refractivity contribution in [1.29, 1.82) is 5.26 Å². The maximum atomic E-state index is 11.3. The molecule has 0 fully saturated rings. The van der Waals surface area contributed by atoms with Crippen LogP contribution in [0.4, 0.5) is 0 Å². The average Bonchev–Trinajstić information content (AvgIpc) is 2.18. The molecule has 1 aromatic rings. The zero-order valence-corrected chi connectivity index (χ0v) is 9.68. The van der Waals surface area contributed by atoms with Gasteiger partial charge in [-0.25, -0.2) is 13.1 Å². The molecule has 1 aromatic carbocycles. The summed E-state index contributed by atoms with van der Waals surface area (Å²) in [5, 5.41) is 8.69. The maximum absolute atomic E-state index is 11.3. The molecule has 0 amide bonds. The van der Waals surface area contributed by atoms with Crippen molar-refractivity contribution in [2.75, 3.05) is 7.05 Å². The number of nitriles is 1. The zero-order valence-electron chi connectivity index (χ0n) is 7.28. The molecule has 0 heterocycles. The minimum Gasteiger partial charge on any atom is -0.214 e. The van der Waals surface area contributed by atoms with Crippen molar-refractivity contribution in [3.63, 3.8) is 0 Å². The lowest BCUT2D eigenvalue weighted by atomic mass is 10.2. The molecule has 0 saturated carbocycles. The number of hydrogen-bond donors (Lipinski definition) is 1. The number of hydrogen-bond acceptors (Lipinski definition) is 3. The Balaban J connectivity index is 3.36. The molecule has 0 radical (unpaired) electrons. The number of rotatable bonds is 2. The topological polar surface area (TPSA) is 70.0 Å². The Kier molecular flexibility index (Phi) is 3.26. The number of sulfonamides is 1. The molecule has 0 aliphatic rings. The van der Waals surface area contributed by atoms with Gasteiger partial charge in [0.25, 0.3) is 0 Å². The van der Waals surface area contributed by atoms with Crippen molar-refractivity contribution < 1.29 is 8.42 Å². The molecular formula is C8H7BrN2O2S. The molecule has 0 aliphatic carbocycles. The van der Waals surface area contributed by atoms with Gasteiger partial charge in [-0.1, -0.05) is 0 Å². The zero-order chi connectivity index (χ0) is 10.8. The van der Waals surface area contributed by atoms with Gasteiger partial charge in [0.1, 0.15) is 6.07 Å². The predicted octanol–water partition coefficient (Wildman–Crippen LogP) is 1.23. The molecule has 0 aliphatic heterocycles. The summed E-state index contributed by atoms with van der Waals surface area (Å²) in [5.41, 5.74) is 0.293. The number of nitrogens with one attached hydrogen (secondary N) is 1. The molecule has 0 atom stereocenters. The van der Waals surface area contributed by atoms with E-state index in [-0.39, 0.29) is 4.90 Å². The van der Waals surface area contributed by atoms with Crippen LogP contribution >= 0.6 is 15.9 Å². The van der Waals surface area contributed by atoms with Crippen LogP contribution < -0.4 is 4.72 Å². The van der Waals surface area contributed by atoms with E-state index in [0.717, 1.165) is 0 Å². The first-order valence-corrected chi connectivity index (χ1v) is 5.92. The smallest absolute Gasteiger partial charge is 0.214 e. The van der Waals surface area contributed by atoms with Crippen molar-refractivity contribution >= 4 is 26.0 Å². The van der Waals surface area contributed by atoms with Crippen molar-refractivity contribution in [3.8, 4) is 6.07 Å². The second-order valence-corrected chi connectivity index (χ2v) is 5.20. The summed E-state index contributed by atoms with van der Waals surface area (Å²) in [6.45, 7) is 0. The van der Waals surface area contributed by atoms with Crippen LogP contribution in [0.25, 0.3) is 0 Å². The first kappa shape index (κ1) is 11.2. The first-order valence-electron chi connectivity index (χ1n) is 3.64. The van der Waals surface area contributed by atoms with Crippen molar-refractivity contribution in [2.45, 2.75) is 4.90 Å². The first-order chi connectivity index (χ1) is 6.51. The van der Waals surface area contributed by atoms with E-state index in [9.17, 15) is 8.42 Å². The number of halogens is 1. The summed E-state index contributed by atoms with van der Waals surface area (Å²) >= 11 is 3.14. The third-order valence-electron chi connectivity index (χ3n) is 1.64. The summed E-state index contributed by atoms with van der Waals surface area (Å²) in [6.07, 6.45) is 0. The summed E-state index contributed by atoms with van der Waals surface area (Å²) in [5.74, 6) is 0. The quantitative estimate of drug-likeness (QED) is 0.882. The summed E-state index contributed by atoms with van der Waals surface area (Å²) in [6, 6.07) is 6.17. The molecule has 14 heavy (non-hydrogen) atoms. The molecule has 0 unspecified atom stereocenters. The number of nitrogens with zero attached hydrogens (tertiary/aromatic N) is 1. The molecule has 6 heteroatoms. The van der Waals surface area contributed by atoms with Crippen LogP contribution in [0.3, 0.4) is 0 Å². The van der Waals surface area contributed by atoms with Crippen LogP contribution in [0, 0.1) is 11.3 Å². The fraction of sp³-hybridized carbons (Fsp3) is 0.125. The largest absolute Gasteiger partial charge is 0.240 e. The van der Waals surface area contributed by atoms with Crippen molar-refractivity contribution in [1.82, 2.24) is 4.72 Å². The van der Waals surface area contributed by atoms with E-state index in [1.54, 1.807) is 0 Å². The van der Waals surface area contributed by atoms with Crippen LogP contribution in [0.1, 0.15) is 5.56 Å². The van der Waals surface area contributed by atoms with Gasteiger partial charge in [0, 0.05) is 4.47 Å². The highest BCUT2D eigenvalue weighted by Gasteiger charge is 2.12. The predicted molar refractivity (Wildman–Crippen MR) is 55.1 cm³/mol. The Morgan fingerprint density at radius 2 is 2.14 bits per heavy atom. The van der Waals surface area contributed by atoms with Crippen LogP contribution in [-0.2, 0) is 10.0 Å². The fourth-order valence-electron chi connectivity index (χ4n) is 0.875. The second kappa shape index (κ2) is 4.09. The van der Waals surface area contributed by atoms with Gasteiger partial charge in [0.2, 0.25) is 10.0 Å². The Morgan fingerprint density at radius 1 is 1.50 bits per heavy atom. The molecule has 1 rings (SSSR count). The van der Waals surface area contributed by atoms with Gasteiger partial charge in [-0.2, -0.15) is 5.26 Å². The molecular weight excluding hydrogens is 268 g/mol. The third-order valence-corrected chi connectivity index (χ3v) is 3.74. The Labute approximate surface area is 90.7 Å². The van der Waals surface area contributed by atoms with Gasteiger partial charge < -0.3 is 0 Å². The minimum atomic E-state index is -3.47. The van der Waals surface area contributed by atoms with Gasteiger partial charge in [0.05, 0.1) is 10.5 Å². The van der Waals surface area contributed by atoms with E-state index in [4.69, 9.17) is 5.26 Å². The van der Waals surface area contributed by atoms with Crippen LogP contribution in [-0.4, -0.2) is 15.5 Å². The molecule has 0 aromatic heterocycles. The highest BCUT2D eigenvalue weighted by Crippen LogP contribution is 2.19. The fourth-order valence-corrected chi connectivity index (χ4v) is 1.97. The SMILES string of the molecule is CNS(=O)(=O)c1ccc(Br)c(C#N)c1. The highest BCUT2D eigenvalue weighted by atomic mass is 79.9. The highest BCUT2D eigenvalue weighted by molar-refractivity contribution is 9.10. The normalized spacial score (nSPS) is 10.9. The molecule has 0 spiro atoms. The molecule has 1 N–H and O–H groups in total. The standard InChI is InChI=1S/C8H7BrN2O2S/c1-11-14(12,13)7-2-3-8(9)6(4-7)5-10/h2-4,11H,1H3. The van der Waals surface area contributed by atoms with Crippen molar-refractivity contribution in [3.05, 3.63) is 28.2 Å². The minimum absolute atomic E-state index is 0.0831. The Bertz CT molecular complexity index is 491. The van der Waals surface area contributed by atoms with E-state index in [2.05, 4.69) is 20.7 Å². The van der Waals surface area contributed by atoms with E-state index >= 15 is 0 Å². The van der Waals surface area contributed by atoms with Gasteiger partial charge in [-0.05, 0) is 41.2 Å². The summed E-state index contributed by atoms with van der Waals surface area (Å²) < 4.78 is 25.4. The average molecular weight is 275 g/mol. The van der Waals surface area contributed by atoms with E-state index in [1.165, 1.54) is 25.2 Å². The van der Waals surface area contributed by atoms with Crippen LogP contribution in [0.5, 0.6) is 0 Å². The van der Waals surface area contributed by atoms with Crippen LogP contribution in [0.2, 0.25) is 0 Å². The maximum Gasteiger partial charge on any atom is 0.240 e. The monoisotopic (exact) mass is 274 g/mol. The van der Waals surface area contributed by atoms with E-state index < -0.39 is 10.0 Å². The van der Waals surface area contributed by atoms with Gasteiger partial charge in [-0.15, -0.1) is 0 Å². The lowest BCUT2D eigenvalue weighted by Crippen LogP contribution is -2.18. The van der Waals surface area contributed by atoms with Gasteiger partial charge in [0.15, 0.2) is 0 Å². The molecule has 0 saturated heterocycles. The van der Waals surface area contributed by atoms with Gasteiger partial charge in [-0.3, -0.25) is 0 Å². The van der Waals surface area contributed by atoms with E-state index in [1.807, 2.05) is 6.07 Å². The lowest BCUT2D eigenvalue weighted by molar-refractivity contribution is 0.588. The summed E-state index contributed by atoms with van der Waals surface area (Å²) in [7, 11) is -2.15. The van der Waals surface area contributed by atoms with Gasteiger partial charge >= 0.3 is 0 Å².